The first-order chi connectivity index (χ1) is 12.6. The zero-order valence-electron chi connectivity index (χ0n) is 15.7. The lowest BCUT2D eigenvalue weighted by Gasteiger charge is -2.10. The molecule has 0 unspecified atom stereocenters. The normalized spacial score (nSPS) is 10.6. The summed E-state index contributed by atoms with van der Waals surface area (Å²) in [7, 11) is 1.64. The smallest absolute Gasteiger partial charge is 0.238 e. The number of benzene rings is 2. The van der Waals surface area contributed by atoms with Gasteiger partial charge < -0.3 is 20.1 Å². The second kappa shape index (κ2) is 10.5. The van der Waals surface area contributed by atoms with E-state index >= 15 is 0 Å². The molecule has 26 heavy (non-hydrogen) atoms. The van der Waals surface area contributed by atoms with Gasteiger partial charge in [0.05, 0.1) is 20.3 Å². The molecule has 0 fully saturated rings. The van der Waals surface area contributed by atoms with Crippen molar-refractivity contribution in [3.8, 4) is 11.5 Å². The van der Waals surface area contributed by atoms with Gasteiger partial charge in [-0.2, -0.15) is 0 Å². The van der Waals surface area contributed by atoms with Crippen molar-refractivity contribution in [3.05, 3.63) is 54.1 Å². The Bertz CT molecular complexity index is 667. The molecule has 0 aliphatic rings. The summed E-state index contributed by atoms with van der Waals surface area (Å²) in [5, 5.41) is 6.00. The molecule has 2 N–H and O–H groups in total. The van der Waals surface area contributed by atoms with Crippen LogP contribution in [0.3, 0.4) is 0 Å². The monoisotopic (exact) mass is 356 g/mol. The van der Waals surface area contributed by atoms with Crippen LogP contribution in [0.5, 0.6) is 11.5 Å². The van der Waals surface area contributed by atoms with Crippen LogP contribution in [0.2, 0.25) is 0 Å². The van der Waals surface area contributed by atoms with Gasteiger partial charge in [-0.3, -0.25) is 4.79 Å². The van der Waals surface area contributed by atoms with Gasteiger partial charge in [0.1, 0.15) is 11.5 Å². The zero-order valence-corrected chi connectivity index (χ0v) is 15.7. The molecular weight excluding hydrogens is 328 g/mol. The van der Waals surface area contributed by atoms with Gasteiger partial charge in [-0.15, -0.1) is 0 Å². The highest BCUT2D eigenvalue weighted by atomic mass is 16.5. The van der Waals surface area contributed by atoms with Gasteiger partial charge in [0, 0.05) is 12.2 Å². The van der Waals surface area contributed by atoms with E-state index in [4.69, 9.17) is 9.47 Å². The number of methoxy groups -OCH3 is 1. The van der Waals surface area contributed by atoms with Crippen LogP contribution in [0.1, 0.15) is 25.8 Å². The van der Waals surface area contributed by atoms with Crippen LogP contribution in [0.15, 0.2) is 48.5 Å². The SMILES string of the molecule is COc1ccc(CNCC(=O)Nc2ccc(OCCC(C)C)cc2)cc1. The minimum atomic E-state index is -0.0769. The highest BCUT2D eigenvalue weighted by molar-refractivity contribution is 5.92. The summed E-state index contributed by atoms with van der Waals surface area (Å²) in [5.41, 5.74) is 1.86. The number of ether oxygens (including phenoxy) is 2. The third-order valence-corrected chi connectivity index (χ3v) is 3.88. The predicted molar refractivity (Wildman–Crippen MR) is 105 cm³/mol. The second-order valence-electron chi connectivity index (χ2n) is 6.56. The quantitative estimate of drug-likeness (QED) is 0.679. The molecule has 0 aliphatic carbocycles. The van der Waals surface area contributed by atoms with E-state index in [0.29, 0.717) is 19.1 Å². The maximum atomic E-state index is 12.0. The molecule has 0 atom stereocenters. The van der Waals surface area contributed by atoms with Crippen LogP contribution in [-0.4, -0.2) is 26.2 Å². The third kappa shape index (κ3) is 7.15. The van der Waals surface area contributed by atoms with Gasteiger partial charge >= 0.3 is 0 Å². The third-order valence-electron chi connectivity index (χ3n) is 3.88. The minimum Gasteiger partial charge on any atom is -0.497 e. The number of hydrogen-bond acceptors (Lipinski definition) is 4. The molecule has 2 aromatic rings. The fourth-order valence-corrected chi connectivity index (χ4v) is 2.32. The highest BCUT2D eigenvalue weighted by Crippen LogP contribution is 2.16. The number of anilines is 1. The number of rotatable bonds is 10. The van der Waals surface area contributed by atoms with Gasteiger partial charge in [-0.1, -0.05) is 26.0 Å². The second-order valence-corrected chi connectivity index (χ2v) is 6.56. The summed E-state index contributed by atoms with van der Waals surface area (Å²) >= 11 is 0. The van der Waals surface area contributed by atoms with Crippen molar-refractivity contribution in [3.63, 3.8) is 0 Å². The average Bonchev–Trinajstić information content (AvgIpc) is 2.63. The first-order valence-corrected chi connectivity index (χ1v) is 8.93. The van der Waals surface area contributed by atoms with Crippen LogP contribution in [0.4, 0.5) is 5.69 Å². The number of nitrogens with one attached hydrogen (secondary N) is 2. The Morgan fingerprint density at radius 2 is 1.65 bits per heavy atom. The number of carbonyl (C=O) groups excluding carboxylic acids is 1. The van der Waals surface area contributed by atoms with Crippen LogP contribution in [0, 0.1) is 5.92 Å². The van der Waals surface area contributed by atoms with E-state index in [2.05, 4.69) is 24.5 Å². The summed E-state index contributed by atoms with van der Waals surface area (Å²) in [6, 6.07) is 15.2. The van der Waals surface area contributed by atoms with Crippen molar-refractivity contribution in [1.82, 2.24) is 5.32 Å². The van der Waals surface area contributed by atoms with Crippen molar-refractivity contribution >= 4 is 11.6 Å². The average molecular weight is 356 g/mol. The molecule has 0 spiro atoms. The van der Waals surface area contributed by atoms with E-state index in [0.717, 1.165) is 29.2 Å². The molecule has 2 rings (SSSR count). The number of amides is 1. The van der Waals surface area contributed by atoms with Crippen molar-refractivity contribution in [2.75, 3.05) is 25.6 Å². The molecule has 0 saturated carbocycles. The predicted octanol–water partition coefficient (Wildman–Crippen LogP) is 3.85. The van der Waals surface area contributed by atoms with Gasteiger partial charge in [0.15, 0.2) is 0 Å². The Morgan fingerprint density at radius 1 is 1.00 bits per heavy atom. The van der Waals surface area contributed by atoms with E-state index in [1.54, 1.807) is 7.11 Å². The fourth-order valence-electron chi connectivity index (χ4n) is 2.32. The van der Waals surface area contributed by atoms with E-state index in [1.165, 1.54) is 0 Å². The van der Waals surface area contributed by atoms with Gasteiger partial charge in [-0.05, 0) is 54.3 Å². The molecule has 0 bridgehead atoms. The maximum absolute atomic E-state index is 12.0. The van der Waals surface area contributed by atoms with Crippen LogP contribution < -0.4 is 20.1 Å². The zero-order chi connectivity index (χ0) is 18.8. The van der Waals surface area contributed by atoms with E-state index in [1.807, 2.05) is 48.5 Å². The Kier molecular flexibility index (Phi) is 7.96. The number of hydrogen-bond donors (Lipinski definition) is 2. The Balaban J connectivity index is 1.69. The largest absolute Gasteiger partial charge is 0.497 e. The first kappa shape index (κ1) is 19.8. The molecule has 2 aromatic carbocycles. The molecule has 5 heteroatoms. The van der Waals surface area contributed by atoms with E-state index < -0.39 is 0 Å². The Hall–Kier alpha value is -2.53. The molecule has 0 aromatic heterocycles. The fraction of sp³-hybridized carbons (Fsp3) is 0.381. The Morgan fingerprint density at radius 3 is 2.27 bits per heavy atom. The van der Waals surface area contributed by atoms with Gasteiger partial charge in [0.25, 0.3) is 0 Å². The van der Waals surface area contributed by atoms with Crippen LogP contribution >= 0.6 is 0 Å². The topological polar surface area (TPSA) is 59.6 Å². The minimum absolute atomic E-state index is 0.0769. The molecule has 1 amide bonds. The first-order valence-electron chi connectivity index (χ1n) is 8.93. The van der Waals surface area contributed by atoms with Crippen LogP contribution in [-0.2, 0) is 11.3 Å². The van der Waals surface area contributed by atoms with E-state index in [9.17, 15) is 4.79 Å². The molecule has 0 saturated heterocycles. The maximum Gasteiger partial charge on any atom is 0.238 e. The lowest BCUT2D eigenvalue weighted by molar-refractivity contribution is -0.115. The van der Waals surface area contributed by atoms with Crippen molar-refractivity contribution < 1.29 is 14.3 Å². The van der Waals surface area contributed by atoms with Crippen molar-refractivity contribution in [1.29, 1.82) is 0 Å². The summed E-state index contributed by atoms with van der Waals surface area (Å²) < 4.78 is 10.8. The molecular formula is C21H28N2O3. The standard InChI is InChI=1S/C21H28N2O3/c1-16(2)12-13-26-20-10-6-18(7-11-20)23-21(24)15-22-14-17-4-8-19(25-3)9-5-17/h4-11,16,22H,12-15H2,1-3H3,(H,23,24). The molecule has 0 radical (unpaired) electrons. The summed E-state index contributed by atoms with van der Waals surface area (Å²) in [6.45, 7) is 5.92. The molecule has 0 heterocycles. The summed E-state index contributed by atoms with van der Waals surface area (Å²) in [4.78, 5) is 12.0. The molecule has 0 aliphatic heterocycles. The van der Waals surface area contributed by atoms with Gasteiger partial charge in [-0.25, -0.2) is 0 Å². The number of carbonyl (C=O) groups is 1. The van der Waals surface area contributed by atoms with Crippen molar-refractivity contribution in [2.24, 2.45) is 5.92 Å². The summed E-state index contributed by atoms with van der Waals surface area (Å²) in [5.74, 6) is 2.19. The summed E-state index contributed by atoms with van der Waals surface area (Å²) in [6.07, 6.45) is 1.03. The van der Waals surface area contributed by atoms with E-state index in [-0.39, 0.29) is 12.5 Å². The van der Waals surface area contributed by atoms with Gasteiger partial charge in [0.2, 0.25) is 5.91 Å². The lowest BCUT2D eigenvalue weighted by atomic mass is 10.1. The van der Waals surface area contributed by atoms with Crippen molar-refractivity contribution in [2.45, 2.75) is 26.8 Å². The Labute approximate surface area is 155 Å². The molecule has 5 nitrogen and oxygen atoms in total. The lowest BCUT2D eigenvalue weighted by Crippen LogP contribution is -2.27. The molecule has 140 valence electrons. The highest BCUT2D eigenvalue weighted by Gasteiger charge is 2.03. The van der Waals surface area contributed by atoms with Crippen LogP contribution in [0.25, 0.3) is 0 Å².